The molecule has 3 unspecified atom stereocenters. The van der Waals surface area contributed by atoms with Crippen LogP contribution in [0.1, 0.15) is 46.0 Å². The van der Waals surface area contributed by atoms with Crippen LogP contribution in [0.2, 0.25) is 0 Å². The number of rotatable bonds is 9. The van der Waals surface area contributed by atoms with Gasteiger partial charge in [-0.05, 0) is 37.5 Å². The Bertz CT molecular complexity index is 201. The van der Waals surface area contributed by atoms with Crippen LogP contribution in [0, 0.1) is 11.8 Å². The molecule has 1 aliphatic carbocycles. The Labute approximate surface area is 100 Å². The monoisotopic (exact) mass is 225 g/mol. The van der Waals surface area contributed by atoms with Crippen molar-refractivity contribution in [1.29, 1.82) is 0 Å². The average Bonchev–Trinajstić information content (AvgIpc) is 3.11. The fourth-order valence-corrected chi connectivity index (χ4v) is 2.05. The number of hydrogen-bond donors (Lipinski definition) is 2. The van der Waals surface area contributed by atoms with Crippen LogP contribution in [-0.2, 0) is 0 Å². The third-order valence-corrected chi connectivity index (χ3v) is 3.76. The van der Waals surface area contributed by atoms with E-state index in [1.165, 1.54) is 19.3 Å². The number of allylic oxidation sites excluding steroid dienone is 1. The first kappa shape index (κ1) is 13.7. The summed E-state index contributed by atoms with van der Waals surface area (Å²) in [4.78, 5) is 0. The molecule has 1 fully saturated rings. The van der Waals surface area contributed by atoms with Crippen LogP contribution >= 0.6 is 0 Å². The second-order valence-corrected chi connectivity index (χ2v) is 5.17. The van der Waals surface area contributed by atoms with Gasteiger partial charge in [0, 0.05) is 12.6 Å². The Hall–Kier alpha value is -0.340. The molecule has 3 atom stereocenters. The average molecular weight is 225 g/mol. The van der Waals surface area contributed by atoms with Crippen LogP contribution < -0.4 is 5.32 Å². The van der Waals surface area contributed by atoms with Crippen molar-refractivity contribution in [3.05, 3.63) is 12.7 Å². The predicted octanol–water partition coefficient (Wildman–Crippen LogP) is 2.73. The van der Waals surface area contributed by atoms with Gasteiger partial charge in [-0.3, -0.25) is 0 Å². The van der Waals surface area contributed by atoms with E-state index >= 15 is 0 Å². The summed E-state index contributed by atoms with van der Waals surface area (Å²) in [5.41, 5.74) is 0. The van der Waals surface area contributed by atoms with Gasteiger partial charge in [0.2, 0.25) is 0 Å². The first-order chi connectivity index (χ1) is 7.69. The Balaban J connectivity index is 2.23. The summed E-state index contributed by atoms with van der Waals surface area (Å²) in [5, 5.41) is 13.4. The molecule has 0 aromatic heterocycles. The zero-order valence-corrected chi connectivity index (χ0v) is 10.8. The van der Waals surface area contributed by atoms with Gasteiger partial charge < -0.3 is 10.4 Å². The zero-order valence-electron chi connectivity index (χ0n) is 10.8. The molecule has 0 aliphatic heterocycles. The molecule has 2 N–H and O–H groups in total. The Morgan fingerprint density at radius 3 is 2.69 bits per heavy atom. The van der Waals surface area contributed by atoms with Gasteiger partial charge in [0.25, 0.3) is 0 Å². The summed E-state index contributed by atoms with van der Waals surface area (Å²) < 4.78 is 0. The molecule has 0 saturated heterocycles. The largest absolute Gasteiger partial charge is 0.392 e. The maximum Gasteiger partial charge on any atom is 0.0690 e. The lowest BCUT2D eigenvalue weighted by molar-refractivity contribution is 0.108. The number of nitrogens with one attached hydrogen (secondary N) is 1. The van der Waals surface area contributed by atoms with E-state index in [-0.39, 0.29) is 6.10 Å². The van der Waals surface area contributed by atoms with Crippen LogP contribution in [0.3, 0.4) is 0 Å². The summed E-state index contributed by atoms with van der Waals surface area (Å²) in [6.07, 6.45) is 7.79. The normalized spacial score (nSPS) is 21.4. The summed E-state index contributed by atoms with van der Waals surface area (Å²) in [6, 6.07) is 0.594. The van der Waals surface area contributed by atoms with Crippen LogP contribution in [0.25, 0.3) is 0 Å². The van der Waals surface area contributed by atoms with Crippen LogP contribution in [0.15, 0.2) is 12.7 Å². The molecule has 0 aromatic rings. The second kappa shape index (κ2) is 7.08. The van der Waals surface area contributed by atoms with E-state index in [4.69, 9.17) is 0 Å². The Kier molecular flexibility index (Phi) is 6.07. The van der Waals surface area contributed by atoms with Gasteiger partial charge in [0.1, 0.15) is 0 Å². The van der Waals surface area contributed by atoms with Crippen LogP contribution in [0.5, 0.6) is 0 Å². The van der Waals surface area contributed by atoms with Crippen molar-refractivity contribution in [2.24, 2.45) is 11.8 Å². The van der Waals surface area contributed by atoms with Gasteiger partial charge in [0.05, 0.1) is 6.10 Å². The summed E-state index contributed by atoms with van der Waals surface area (Å²) >= 11 is 0. The highest BCUT2D eigenvalue weighted by Gasteiger charge is 2.30. The van der Waals surface area contributed by atoms with Gasteiger partial charge in [-0.1, -0.05) is 26.3 Å². The molecule has 0 bridgehead atoms. The Morgan fingerprint density at radius 1 is 1.50 bits per heavy atom. The minimum absolute atomic E-state index is 0.199. The van der Waals surface area contributed by atoms with Crippen molar-refractivity contribution in [2.45, 2.75) is 58.1 Å². The zero-order chi connectivity index (χ0) is 12.0. The SMILES string of the molecule is C=CCCC(NCC(O)C(C)CC)C1CC1. The van der Waals surface area contributed by atoms with Gasteiger partial charge >= 0.3 is 0 Å². The highest BCUT2D eigenvalue weighted by Crippen LogP contribution is 2.34. The standard InChI is InChI=1S/C14H27NO/c1-4-6-7-13(12-8-9-12)15-10-14(16)11(3)5-2/h4,11-16H,1,5-10H2,2-3H3. The molecule has 1 saturated carbocycles. The lowest BCUT2D eigenvalue weighted by atomic mass is 10.0. The predicted molar refractivity (Wildman–Crippen MR) is 69.4 cm³/mol. The molecule has 2 heteroatoms. The number of aliphatic hydroxyl groups is 1. The quantitative estimate of drug-likeness (QED) is 0.591. The fourth-order valence-electron chi connectivity index (χ4n) is 2.05. The van der Waals surface area contributed by atoms with Crippen LogP contribution in [-0.4, -0.2) is 23.8 Å². The smallest absolute Gasteiger partial charge is 0.0690 e. The van der Waals surface area contributed by atoms with Gasteiger partial charge in [-0.15, -0.1) is 6.58 Å². The number of aliphatic hydroxyl groups excluding tert-OH is 1. The fraction of sp³-hybridized carbons (Fsp3) is 0.857. The van der Waals surface area contributed by atoms with Crippen molar-refractivity contribution in [1.82, 2.24) is 5.32 Å². The summed E-state index contributed by atoms with van der Waals surface area (Å²) in [7, 11) is 0. The molecule has 0 amide bonds. The Morgan fingerprint density at radius 2 is 2.19 bits per heavy atom. The first-order valence-corrected chi connectivity index (χ1v) is 6.71. The minimum atomic E-state index is -0.199. The molecule has 1 aliphatic rings. The molecule has 16 heavy (non-hydrogen) atoms. The highest BCUT2D eigenvalue weighted by atomic mass is 16.3. The first-order valence-electron chi connectivity index (χ1n) is 6.71. The maximum absolute atomic E-state index is 9.91. The molecule has 0 radical (unpaired) electrons. The van der Waals surface area contributed by atoms with Gasteiger partial charge in [-0.2, -0.15) is 0 Å². The van der Waals surface area contributed by atoms with Crippen LogP contribution in [0.4, 0.5) is 0 Å². The van der Waals surface area contributed by atoms with Gasteiger partial charge in [0.15, 0.2) is 0 Å². The third-order valence-electron chi connectivity index (χ3n) is 3.76. The summed E-state index contributed by atoms with van der Waals surface area (Å²) in [5.74, 6) is 1.25. The highest BCUT2D eigenvalue weighted by molar-refractivity contribution is 4.88. The van der Waals surface area contributed by atoms with E-state index in [1.807, 2.05) is 6.08 Å². The van der Waals surface area contributed by atoms with E-state index in [2.05, 4.69) is 25.7 Å². The lowest BCUT2D eigenvalue weighted by Gasteiger charge is -2.23. The van der Waals surface area contributed by atoms with Gasteiger partial charge in [-0.25, -0.2) is 0 Å². The van der Waals surface area contributed by atoms with E-state index in [0.717, 1.165) is 25.3 Å². The molecular formula is C14H27NO. The molecular weight excluding hydrogens is 198 g/mol. The maximum atomic E-state index is 9.91. The van der Waals surface area contributed by atoms with E-state index < -0.39 is 0 Å². The van der Waals surface area contributed by atoms with Crippen molar-refractivity contribution >= 4 is 0 Å². The summed E-state index contributed by atoms with van der Waals surface area (Å²) in [6.45, 7) is 8.76. The van der Waals surface area contributed by atoms with E-state index in [1.54, 1.807) is 0 Å². The third kappa shape index (κ3) is 4.67. The molecule has 0 spiro atoms. The lowest BCUT2D eigenvalue weighted by Crippen LogP contribution is -2.39. The van der Waals surface area contributed by atoms with E-state index in [0.29, 0.717) is 12.0 Å². The molecule has 1 rings (SSSR count). The molecule has 0 aromatic carbocycles. The number of hydrogen-bond acceptors (Lipinski definition) is 2. The van der Waals surface area contributed by atoms with Crippen molar-refractivity contribution in [2.75, 3.05) is 6.54 Å². The van der Waals surface area contributed by atoms with Crippen molar-refractivity contribution in [3.8, 4) is 0 Å². The second-order valence-electron chi connectivity index (χ2n) is 5.17. The topological polar surface area (TPSA) is 32.3 Å². The minimum Gasteiger partial charge on any atom is -0.392 e. The molecule has 2 nitrogen and oxygen atoms in total. The van der Waals surface area contributed by atoms with E-state index in [9.17, 15) is 5.11 Å². The molecule has 0 heterocycles. The molecule has 94 valence electrons. The van der Waals surface area contributed by atoms with Crippen molar-refractivity contribution < 1.29 is 5.11 Å². The van der Waals surface area contributed by atoms with Crippen molar-refractivity contribution in [3.63, 3.8) is 0 Å².